The summed E-state index contributed by atoms with van der Waals surface area (Å²) in [6.45, 7) is 0. The average molecular weight is 251 g/mol. The van der Waals surface area contributed by atoms with Gasteiger partial charge in [0.2, 0.25) is 0 Å². The van der Waals surface area contributed by atoms with Crippen LogP contribution in [0.3, 0.4) is 0 Å². The van der Waals surface area contributed by atoms with Crippen molar-refractivity contribution in [3.8, 4) is 0 Å². The van der Waals surface area contributed by atoms with Crippen LogP contribution in [0, 0.1) is 0 Å². The number of carbonyl (C=O) groups is 1. The molecular weight excluding hydrogens is 242 g/mol. The molecule has 1 aromatic rings. The topological polar surface area (TPSA) is 65.2 Å². The Morgan fingerprint density at radius 1 is 1.69 bits per heavy atom. The van der Waals surface area contributed by atoms with Crippen LogP contribution in [0.25, 0.3) is 0 Å². The van der Waals surface area contributed by atoms with Crippen molar-refractivity contribution < 1.29 is 18.3 Å². The lowest BCUT2D eigenvalue weighted by Gasteiger charge is -2.09. The van der Waals surface area contributed by atoms with Gasteiger partial charge in [0.15, 0.2) is 0 Å². The van der Waals surface area contributed by atoms with E-state index in [2.05, 4.69) is 9.72 Å². The molecule has 88 valence electrons. The summed E-state index contributed by atoms with van der Waals surface area (Å²) < 4.78 is 29.4. The Kier molecular flexibility index (Phi) is 4.00. The van der Waals surface area contributed by atoms with Crippen LogP contribution in [0.4, 0.5) is 14.5 Å². The summed E-state index contributed by atoms with van der Waals surface area (Å²) in [6.07, 6.45) is -3.06. The highest BCUT2D eigenvalue weighted by Gasteiger charge is 2.18. The summed E-state index contributed by atoms with van der Waals surface area (Å²) in [5.41, 5.74) is 4.78. The zero-order valence-electron chi connectivity index (χ0n) is 8.34. The molecule has 0 bridgehead atoms. The van der Waals surface area contributed by atoms with Crippen LogP contribution in [0.2, 0.25) is 5.15 Å². The highest BCUT2D eigenvalue weighted by Crippen LogP contribution is 2.29. The molecule has 7 heteroatoms. The molecule has 0 amide bonds. The fourth-order valence-electron chi connectivity index (χ4n) is 1.12. The van der Waals surface area contributed by atoms with Crippen molar-refractivity contribution in [3.63, 3.8) is 0 Å². The minimum absolute atomic E-state index is 0.00495. The molecule has 0 aliphatic rings. The first kappa shape index (κ1) is 12.6. The molecule has 0 aliphatic heterocycles. The Morgan fingerprint density at radius 2 is 2.31 bits per heavy atom. The number of nitrogens with two attached hydrogens (primary N) is 1. The largest absolute Gasteiger partial charge is 0.469 e. The maximum absolute atomic E-state index is 12.5. The van der Waals surface area contributed by atoms with E-state index in [0.717, 1.165) is 6.07 Å². The van der Waals surface area contributed by atoms with Crippen LogP contribution >= 0.6 is 11.6 Å². The molecule has 4 nitrogen and oxygen atoms in total. The van der Waals surface area contributed by atoms with Gasteiger partial charge in [0.1, 0.15) is 5.15 Å². The summed E-state index contributed by atoms with van der Waals surface area (Å²) >= 11 is 5.54. The number of nitrogens with zero attached hydrogens (tertiary/aromatic N) is 1. The van der Waals surface area contributed by atoms with Gasteiger partial charge < -0.3 is 10.5 Å². The van der Waals surface area contributed by atoms with E-state index in [9.17, 15) is 13.6 Å². The second kappa shape index (κ2) is 5.07. The first-order chi connectivity index (χ1) is 7.45. The third-order valence-electron chi connectivity index (χ3n) is 1.91. The number of methoxy groups -OCH3 is 1. The minimum atomic E-state index is -2.77. The molecule has 0 fully saturated rings. The number of nitrogen functional groups attached to an aromatic ring is 1. The fourth-order valence-corrected chi connectivity index (χ4v) is 1.34. The molecule has 0 atom stereocenters. The van der Waals surface area contributed by atoms with Crippen molar-refractivity contribution in [2.45, 2.75) is 12.8 Å². The van der Waals surface area contributed by atoms with E-state index in [0.29, 0.717) is 0 Å². The zero-order valence-corrected chi connectivity index (χ0v) is 9.09. The summed E-state index contributed by atoms with van der Waals surface area (Å²) in [5.74, 6) is -0.623. The number of esters is 1. The third kappa shape index (κ3) is 2.79. The van der Waals surface area contributed by atoms with Crippen LogP contribution < -0.4 is 5.73 Å². The fraction of sp³-hybridized carbons (Fsp3) is 0.333. The number of aromatic nitrogens is 1. The molecular formula is C9H9ClF2N2O2. The second-order valence-electron chi connectivity index (χ2n) is 2.95. The van der Waals surface area contributed by atoms with Crippen molar-refractivity contribution in [1.82, 2.24) is 4.98 Å². The number of hydrogen-bond donors (Lipinski definition) is 1. The van der Waals surface area contributed by atoms with E-state index in [1.54, 1.807) is 0 Å². The van der Waals surface area contributed by atoms with Crippen molar-refractivity contribution >= 4 is 23.3 Å². The van der Waals surface area contributed by atoms with Gasteiger partial charge in [0.05, 0.1) is 24.9 Å². The molecule has 0 saturated carbocycles. The van der Waals surface area contributed by atoms with Gasteiger partial charge in [0, 0.05) is 5.56 Å². The van der Waals surface area contributed by atoms with E-state index in [1.807, 2.05) is 0 Å². The monoisotopic (exact) mass is 250 g/mol. The van der Waals surface area contributed by atoms with Gasteiger partial charge in [-0.15, -0.1) is 0 Å². The number of rotatable bonds is 3. The van der Waals surface area contributed by atoms with Gasteiger partial charge >= 0.3 is 5.97 Å². The van der Waals surface area contributed by atoms with Crippen LogP contribution in [0.15, 0.2) is 6.07 Å². The van der Waals surface area contributed by atoms with Gasteiger partial charge in [0.25, 0.3) is 6.43 Å². The van der Waals surface area contributed by atoms with E-state index in [4.69, 9.17) is 17.3 Å². The number of pyridine rings is 1. The summed E-state index contributed by atoms with van der Waals surface area (Å²) in [4.78, 5) is 14.7. The lowest BCUT2D eigenvalue weighted by molar-refractivity contribution is -0.139. The Labute approximate surface area is 95.4 Å². The maximum Gasteiger partial charge on any atom is 0.311 e. The number of ether oxygens (including phenoxy) is 1. The molecule has 16 heavy (non-hydrogen) atoms. The van der Waals surface area contributed by atoms with Gasteiger partial charge in [-0.05, 0) is 6.07 Å². The van der Waals surface area contributed by atoms with Crippen molar-refractivity contribution in [2.75, 3.05) is 12.8 Å². The first-order valence-electron chi connectivity index (χ1n) is 4.25. The van der Waals surface area contributed by atoms with E-state index in [1.165, 1.54) is 7.11 Å². The molecule has 2 N–H and O–H groups in total. The SMILES string of the molecule is COC(=O)Cc1nc(Cl)cc(C(F)F)c1N. The Morgan fingerprint density at radius 3 is 2.81 bits per heavy atom. The molecule has 0 spiro atoms. The van der Waals surface area contributed by atoms with Gasteiger partial charge in [-0.2, -0.15) is 0 Å². The molecule has 0 radical (unpaired) electrons. The second-order valence-corrected chi connectivity index (χ2v) is 3.34. The minimum Gasteiger partial charge on any atom is -0.469 e. The summed E-state index contributed by atoms with van der Waals surface area (Å²) in [7, 11) is 1.18. The lowest BCUT2D eigenvalue weighted by atomic mass is 10.1. The zero-order chi connectivity index (χ0) is 12.3. The van der Waals surface area contributed by atoms with Crippen LogP contribution in [0.5, 0.6) is 0 Å². The number of anilines is 1. The smallest absolute Gasteiger partial charge is 0.311 e. The van der Waals surface area contributed by atoms with Gasteiger partial charge in [-0.25, -0.2) is 13.8 Å². The molecule has 1 rings (SSSR count). The number of halogens is 3. The van der Waals surface area contributed by atoms with Crippen molar-refractivity contribution in [2.24, 2.45) is 0 Å². The van der Waals surface area contributed by atoms with Crippen molar-refractivity contribution in [3.05, 3.63) is 22.5 Å². The predicted molar refractivity (Wildman–Crippen MR) is 54.3 cm³/mol. The van der Waals surface area contributed by atoms with Crippen LogP contribution in [-0.2, 0) is 16.0 Å². The number of alkyl halides is 2. The summed E-state index contributed by atoms with van der Waals surface area (Å²) in [5, 5.41) is -0.136. The molecule has 0 saturated heterocycles. The lowest BCUT2D eigenvalue weighted by Crippen LogP contribution is -2.10. The van der Waals surface area contributed by atoms with Crippen LogP contribution in [0.1, 0.15) is 17.7 Å². The maximum atomic E-state index is 12.5. The molecule has 1 aromatic heterocycles. The van der Waals surface area contributed by atoms with E-state index >= 15 is 0 Å². The normalized spacial score (nSPS) is 10.6. The summed E-state index contributed by atoms with van der Waals surface area (Å²) in [6, 6.07) is 0.975. The third-order valence-corrected chi connectivity index (χ3v) is 2.11. The Balaban J connectivity index is 3.14. The number of hydrogen-bond acceptors (Lipinski definition) is 4. The predicted octanol–water partition coefficient (Wildman–Crippen LogP) is 1.97. The van der Waals surface area contributed by atoms with Gasteiger partial charge in [-0.1, -0.05) is 11.6 Å². The first-order valence-corrected chi connectivity index (χ1v) is 4.63. The Hall–Kier alpha value is -1.43. The molecule has 1 heterocycles. The standard InChI is InChI=1S/C9H9ClF2N2O2/c1-16-7(15)3-5-8(13)4(9(11)12)2-6(10)14-5/h2,9H,3,13H2,1H3. The number of carbonyl (C=O) groups excluding carboxylic acids is 1. The van der Waals surface area contributed by atoms with E-state index < -0.39 is 18.0 Å². The quantitative estimate of drug-likeness (QED) is 0.658. The molecule has 0 unspecified atom stereocenters. The highest BCUT2D eigenvalue weighted by molar-refractivity contribution is 6.29. The molecule has 0 aromatic carbocycles. The highest BCUT2D eigenvalue weighted by atomic mass is 35.5. The van der Waals surface area contributed by atoms with Gasteiger partial charge in [-0.3, -0.25) is 4.79 Å². The Bertz CT molecular complexity index is 413. The average Bonchev–Trinajstić information content (AvgIpc) is 2.22. The van der Waals surface area contributed by atoms with E-state index in [-0.39, 0.29) is 23.0 Å². The van der Waals surface area contributed by atoms with Crippen LogP contribution in [-0.4, -0.2) is 18.1 Å². The van der Waals surface area contributed by atoms with Crippen molar-refractivity contribution in [1.29, 1.82) is 0 Å². The molecule has 0 aliphatic carbocycles.